The summed E-state index contributed by atoms with van der Waals surface area (Å²) in [5, 5.41) is 4.91. The molecule has 0 aliphatic heterocycles. The summed E-state index contributed by atoms with van der Waals surface area (Å²) in [6.07, 6.45) is -4.57. The largest absolute Gasteiger partial charge is 0.459 e. The van der Waals surface area contributed by atoms with Crippen LogP contribution in [0.2, 0.25) is 0 Å². The normalized spacial score (nSPS) is 11.6. The van der Waals surface area contributed by atoms with Crippen LogP contribution < -0.4 is 9.64 Å². The van der Waals surface area contributed by atoms with Crippen molar-refractivity contribution in [2.24, 2.45) is 0 Å². The summed E-state index contributed by atoms with van der Waals surface area (Å²) in [6.45, 7) is 5.19. The smallest absolute Gasteiger partial charge is 0.445 e. The van der Waals surface area contributed by atoms with Crippen LogP contribution in [0.4, 0.5) is 18.9 Å². The molecule has 0 aliphatic carbocycles. The molecule has 0 radical (unpaired) electrons. The van der Waals surface area contributed by atoms with Gasteiger partial charge >= 0.3 is 6.18 Å². The predicted molar refractivity (Wildman–Crippen MR) is 84.2 cm³/mol. The van der Waals surface area contributed by atoms with Crippen LogP contribution in [0.5, 0.6) is 5.19 Å². The number of aryl methyl sites for hydroxylation is 1. The molecule has 1 heterocycles. The van der Waals surface area contributed by atoms with Crippen LogP contribution in [0.25, 0.3) is 0 Å². The first kappa shape index (κ1) is 18.2. The second-order valence-corrected chi connectivity index (χ2v) is 6.29. The van der Waals surface area contributed by atoms with Crippen LogP contribution in [0.1, 0.15) is 24.4 Å². The number of aromatic nitrogens is 2. The van der Waals surface area contributed by atoms with Crippen molar-refractivity contribution < 1.29 is 22.7 Å². The number of nitrogens with zero attached hydrogens (tertiary/aromatic N) is 3. The van der Waals surface area contributed by atoms with Gasteiger partial charge in [0.05, 0.1) is 0 Å². The minimum Gasteiger partial charge on any atom is -0.459 e. The van der Waals surface area contributed by atoms with Gasteiger partial charge in [-0.15, -0.1) is 5.10 Å². The van der Waals surface area contributed by atoms with E-state index in [4.69, 9.17) is 4.74 Å². The number of carbonyl (C=O) groups is 1. The Morgan fingerprint density at radius 2 is 1.88 bits per heavy atom. The zero-order chi connectivity index (χ0) is 17.9. The number of rotatable bonds is 5. The lowest BCUT2D eigenvalue weighted by Gasteiger charge is -2.26. The zero-order valence-corrected chi connectivity index (χ0v) is 14.1. The van der Waals surface area contributed by atoms with E-state index in [1.54, 1.807) is 12.1 Å². The third-order valence-corrected chi connectivity index (χ3v) is 3.95. The molecular weight excluding hydrogens is 343 g/mol. The summed E-state index contributed by atoms with van der Waals surface area (Å²) in [4.78, 5) is 13.9. The molecule has 2 rings (SSSR count). The molecule has 0 saturated heterocycles. The van der Waals surface area contributed by atoms with Gasteiger partial charge < -0.3 is 9.64 Å². The van der Waals surface area contributed by atoms with E-state index in [0.717, 1.165) is 5.56 Å². The Morgan fingerprint density at radius 3 is 2.38 bits per heavy atom. The number of alkyl halides is 3. The lowest BCUT2D eigenvalue weighted by Crippen LogP contribution is -2.40. The maximum Gasteiger partial charge on any atom is 0.445 e. The van der Waals surface area contributed by atoms with E-state index in [9.17, 15) is 18.0 Å². The molecule has 2 aromatic rings. The van der Waals surface area contributed by atoms with Crippen molar-refractivity contribution in [3.05, 3.63) is 34.8 Å². The van der Waals surface area contributed by atoms with E-state index < -0.39 is 17.8 Å². The number of halogens is 3. The Labute approximate surface area is 141 Å². The second kappa shape index (κ2) is 7.16. The summed E-state index contributed by atoms with van der Waals surface area (Å²) >= 11 is 0.260. The van der Waals surface area contributed by atoms with Crippen LogP contribution in [-0.2, 0) is 11.0 Å². The fourth-order valence-corrected chi connectivity index (χ4v) is 2.57. The second-order valence-electron chi connectivity index (χ2n) is 5.35. The summed E-state index contributed by atoms with van der Waals surface area (Å²) in [6, 6.07) is 7.22. The number of amides is 1. The van der Waals surface area contributed by atoms with Crippen molar-refractivity contribution >= 4 is 22.9 Å². The maximum absolute atomic E-state index is 12.5. The Bertz CT molecular complexity index is 699. The van der Waals surface area contributed by atoms with Gasteiger partial charge in [-0.25, -0.2) is 0 Å². The molecule has 0 spiro atoms. The van der Waals surface area contributed by atoms with E-state index >= 15 is 0 Å². The third kappa shape index (κ3) is 4.44. The monoisotopic (exact) mass is 359 g/mol. The van der Waals surface area contributed by atoms with Crippen molar-refractivity contribution in [3.8, 4) is 5.19 Å². The van der Waals surface area contributed by atoms with Crippen molar-refractivity contribution in [1.29, 1.82) is 0 Å². The molecule has 0 saturated carbocycles. The lowest BCUT2D eigenvalue weighted by atomic mass is 10.2. The number of ether oxygens (including phenoxy) is 1. The molecule has 1 aromatic heterocycles. The number of benzene rings is 1. The summed E-state index contributed by atoms with van der Waals surface area (Å²) in [7, 11) is 0. The van der Waals surface area contributed by atoms with E-state index in [1.807, 2.05) is 32.9 Å². The predicted octanol–water partition coefficient (Wildman–Crippen LogP) is 3.69. The van der Waals surface area contributed by atoms with Crippen LogP contribution in [0.3, 0.4) is 0 Å². The van der Waals surface area contributed by atoms with Gasteiger partial charge in [-0.1, -0.05) is 34.1 Å². The fourth-order valence-electron chi connectivity index (χ4n) is 2.01. The molecule has 9 heteroatoms. The van der Waals surface area contributed by atoms with Gasteiger partial charge in [-0.05, 0) is 32.9 Å². The average molecular weight is 359 g/mol. The Kier molecular flexibility index (Phi) is 5.43. The Balaban J connectivity index is 2.06. The molecular formula is C15H16F3N3O2S. The van der Waals surface area contributed by atoms with Crippen molar-refractivity contribution in [1.82, 2.24) is 10.2 Å². The first-order valence-corrected chi connectivity index (χ1v) is 7.92. The molecule has 0 aliphatic rings. The Morgan fingerprint density at radius 1 is 1.25 bits per heavy atom. The summed E-state index contributed by atoms with van der Waals surface area (Å²) in [5.74, 6) is -0.377. The van der Waals surface area contributed by atoms with Gasteiger partial charge in [0.15, 0.2) is 6.61 Å². The third-order valence-electron chi connectivity index (χ3n) is 3.07. The van der Waals surface area contributed by atoms with Gasteiger partial charge in [0.25, 0.3) is 11.1 Å². The van der Waals surface area contributed by atoms with E-state index in [1.165, 1.54) is 4.90 Å². The fraction of sp³-hybridized carbons (Fsp3) is 0.400. The molecule has 0 bridgehead atoms. The first-order chi connectivity index (χ1) is 11.2. The van der Waals surface area contributed by atoms with Crippen LogP contribution in [0, 0.1) is 6.92 Å². The van der Waals surface area contributed by atoms with Crippen LogP contribution >= 0.6 is 11.3 Å². The van der Waals surface area contributed by atoms with Gasteiger partial charge in [0.2, 0.25) is 5.01 Å². The molecule has 0 unspecified atom stereocenters. The van der Waals surface area contributed by atoms with Crippen molar-refractivity contribution in [2.75, 3.05) is 11.5 Å². The molecule has 0 atom stereocenters. The minimum absolute atomic E-state index is 0.135. The quantitative estimate of drug-likeness (QED) is 0.817. The SMILES string of the molecule is Cc1ccc(N(C(=O)COc2nnc(C(F)(F)F)s2)C(C)C)cc1. The molecule has 0 fully saturated rings. The van der Waals surface area contributed by atoms with Gasteiger partial charge in [-0.3, -0.25) is 4.79 Å². The highest BCUT2D eigenvalue weighted by Crippen LogP contribution is 2.33. The van der Waals surface area contributed by atoms with Crippen LogP contribution in [-0.4, -0.2) is 28.8 Å². The summed E-state index contributed by atoms with van der Waals surface area (Å²) in [5.41, 5.74) is 1.75. The average Bonchev–Trinajstić information content (AvgIpc) is 2.96. The number of carbonyl (C=O) groups excluding carboxylic acids is 1. The standard InChI is InChI=1S/C15H16F3N3O2S/c1-9(2)21(11-6-4-10(3)5-7-11)12(22)8-23-14-20-19-13(24-14)15(16,17)18/h4-7,9H,8H2,1-3H3. The minimum atomic E-state index is -4.57. The highest BCUT2D eigenvalue weighted by molar-refractivity contribution is 7.13. The van der Waals surface area contributed by atoms with E-state index in [2.05, 4.69) is 10.2 Å². The lowest BCUT2D eigenvalue weighted by molar-refractivity contribution is -0.138. The number of hydrogen-bond donors (Lipinski definition) is 0. The van der Waals surface area contributed by atoms with Crippen molar-refractivity contribution in [2.45, 2.75) is 33.0 Å². The first-order valence-electron chi connectivity index (χ1n) is 7.10. The number of anilines is 1. The maximum atomic E-state index is 12.5. The molecule has 5 nitrogen and oxygen atoms in total. The molecule has 24 heavy (non-hydrogen) atoms. The van der Waals surface area contributed by atoms with Crippen LogP contribution in [0.15, 0.2) is 24.3 Å². The highest BCUT2D eigenvalue weighted by Gasteiger charge is 2.36. The topological polar surface area (TPSA) is 55.3 Å². The molecule has 1 aromatic carbocycles. The zero-order valence-electron chi connectivity index (χ0n) is 13.3. The summed E-state index contributed by atoms with van der Waals surface area (Å²) < 4.78 is 42.5. The van der Waals surface area contributed by atoms with Gasteiger partial charge in [-0.2, -0.15) is 13.2 Å². The van der Waals surface area contributed by atoms with Crippen molar-refractivity contribution in [3.63, 3.8) is 0 Å². The van der Waals surface area contributed by atoms with Gasteiger partial charge in [0.1, 0.15) is 0 Å². The number of hydrogen-bond acceptors (Lipinski definition) is 5. The van der Waals surface area contributed by atoms with Gasteiger partial charge in [0, 0.05) is 11.7 Å². The molecule has 0 N–H and O–H groups in total. The highest BCUT2D eigenvalue weighted by atomic mass is 32.1. The molecule has 130 valence electrons. The molecule has 1 amide bonds. The Hall–Kier alpha value is -2.16. The van der Waals surface area contributed by atoms with E-state index in [0.29, 0.717) is 5.69 Å². The van der Waals surface area contributed by atoms with E-state index in [-0.39, 0.29) is 28.5 Å².